The molecule has 3 rings (SSSR count). The van der Waals surface area contributed by atoms with E-state index in [0.717, 1.165) is 0 Å². The van der Waals surface area contributed by atoms with Crippen molar-refractivity contribution in [1.82, 2.24) is 0 Å². The lowest BCUT2D eigenvalue weighted by Crippen LogP contribution is -2.25. The van der Waals surface area contributed by atoms with E-state index in [1.54, 1.807) is 0 Å². The second kappa shape index (κ2) is 4.48. The number of hydrogen-bond acceptors (Lipinski definition) is 2. The molecule has 3 heteroatoms. The summed E-state index contributed by atoms with van der Waals surface area (Å²) in [4.78, 5) is 2.60. The van der Waals surface area contributed by atoms with Crippen LogP contribution in [0.1, 0.15) is 34.2 Å². The van der Waals surface area contributed by atoms with Gasteiger partial charge in [0.1, 0.15) is 0 Å². The van der Waals surface area contributed by atoms with Crippen molar-refractivity contribution in [3.05, 3.63) is 56.2 Å². The number of thiophene rings is 1. The van der Waals surface area contributed by atoms with Crippen LogP contribution in [0, 0.1) is 6.92 Å². The molecule has 1 aromatic heterocycles. The topological polar surface area (TPSA) is 26.0 Å². The van der Waals surface area contributed by atoms with E-state index in [4.69, 9.17) is 5.73 Å². The summed E-state index contributed by atoms with van der Waals surface area (Å²) in [6, 6.07) is 13.0. The first-order chi connectivity index (χ1) is 8.63. The van der Waals surface area contributed by atoms with E-state index >= 15 is 0 Å². The number of halogens is 1. The summed E-state index contributed by atoms with van der Waals surface area (Å²) in [5, 5.41) is 0. The van der Waals surface area contributed by atoms with E-state index < -0.39 is 0 Å². The summed E-state index contributed by atoms with van der Waals surface area (Å²) in [6.07, 6.45) is 2.40. The summed E-state index contributed by atoms with van der Waals surface area (Å²) >= 11 is 5.39. The van der Waals surface area contributed by atoms with Crippen LogP contribution in [0.25, 0.3) is 0 Å². The van der Waals surface area contributed by atoms with E-state index in [9.17, 15) is 0 Å². The van der Waals surface area contributed by atoms with Crippen LogP contribution in [0.15, 0.2) is 40.9 Å². The third-order valence-electron chi connectivity index (χ3n) is 3.92. The van der Waals surface area contributed by atoms with Gasteiger partial charge in [0.2, 0.25) is 0 Å². The first-order valence-electron chi connectivity index (χ1n) is 6.20. The van der Waals surface area contributed by atoms with Crippen LogP contribution < -0.4 is 5.73 Å². The highest BCUT2D eigenvalue weighted by atomic mass is 79.9. The fraction of sp³-hybridized carbons (Fsp3) is 0.333. The molecule has 0 amide bonds. The van der Waals surface area contributed by atoms with Crippen LogP contribution in [0.5, 0.6) is 0 Å². The zero-order chi connectivity index (χ0) is 12.8. The molecule has 1 aromatic carbocycles. The quantitative estimate of drug-likeness (QED) is 0.881. The van der Waals surface area contributed by atoms with Crippen molar-refractivity contribution >= 4 is 27.3 Å². The average Bonchev–Trinajstić information content (AvgIpc) is 3.13. The van der Waals surface area contributed by atoms with Crippen LogP contribution >= 0.6 is 27.3 Å². The van der Waals surface area contributed by atoms with E-state index in [2.05, 4.69) is 59.3 Å². The van der Waals surface area contributed by atoms with Gasteiger partial charge < -0.3 is 5.73 Å². The third kappa shape index (κ3) is 1.94. The van der Waals surface area contributed by atoms with Crippen molar-refractivity contribution in [3.63, 3.8) is 0 Å². The molecule has 1 fully saturated rings. The number of rotatable bonds is 3. The summed E-state index contributed by atoms with van der Waals surface area (Å²) in [7, 11) is 0. The van der Waals surface area contributed by atoms with Crippen LogP contribution in [0.3, 0.4) is 0 Å². The molecule has 1 saturated carbocycles. The molecular formula is C15H16BrNS. The standard InChI is InChI=1S/C15H16BrNS/c1-10-12(16)9-13(18-10)14(17)15(7-8-15)11-5-3-2-4-6-11/h2-6,9,14H,7-8,17H2,1H3. The molecule has 2 aromatic rings. The molecule has 1 aliphatic rings. The number of benzene rings is 1. The number of aryl methyl sites for hydroxylation is 1. The van der Waals surface area contributed by atoms with E-state index in [1.807, 2.05) is 11.3 Å². The second-order valence-electron chi connectivity index (χ2n) is 5.05. The van der Waals surface area contributed by atoms with Gasteiger partial charge in [-0.2, -0.15) is 0 Å². The monoisotopic (exact) mass is 321 g/mol. The SMILES string of the molecule is Cc1sc(C(N)C2(c3ccccc3)CC2)cc1Br. The van der Waals surface area contributed by atoms with Gasteiger partial charge in [0, 0.05) is 25.7 Å². The van der Waals surface area contributed by atoms with E-state index in [0.29, 0.717) is 0 Å². The predicted octanol–water partition coefficient (Wildman–Crippen LogP) is 4.55. The molecule has 18 heavy (non-hydrogen) atoms. The van der Waals surface area contributed by atoms with Gasteiger partial charge in [-0.05, 0) is 47.3 Å². The largest absolute Gasteiger partial charge is 0.323 e. The van der Waals surface area contributed by atoms with Crippen molar-refractivity contribution < 1.29 is 0 Å². The lowest BCUT2D eigenvalue weighted by Gasteiger charge is -2.22. The van der Waals surface area contributed by atoms with Gasteiger partial charge >= 0.3 is 0 Å². The van der Waals surface area contributed by atoms with Crippen LogP contribution in [-0.4, -0.2) is 0 Å². The van der Waals surface area contributed by atoms with Gasteiger partial charge in [0.15, 0.2) is 0 Å². The first-order valence-corrected chi connectivity index (χ1v) is 7.81. The van der Waals surface area contributed by atoms with Crippen LogP contribution in [-0.2, 0) is 5.41 Å². The van der Waals surface area contributed by atoms with Gasteiger partial charge in [-0.15, -0.1) is 11.3 Å². The molecule has 0 bridgehead atoms. The molecule has 94 valence electrons. The van der Waals surface area contributed by atoms with Gasteiger partial charge in [0.05, 0.1) is 0 Å². The molecule has 0 spiro atoms. The Morgan fingerprint density at radius 2 is 1.94 bits per heavy atom. The van der Waals surface area contributed by atoms with E-state index in [1.165, 1.54) is 32.6 Å². The average molecular weight is 322 g/mol. The van der Waals surface area contributed by atoms with Crippen molar-refractivity contribution in [2.45, 2.75) is 31.2 Å². The summed E-state index contributed by atoms with van der Waals surface area (Å²) in [5.41, 5.74) is 8.11. The minimum atomic E-state index is 0.120. The Balaban J connectivity index is 1.95. The van der Waals surface area contributed by atoms with Gasteiger partial charge in [-0.25, -0.2) is 0 Å². The molecule has 1 unspecified atom stereocenters. The number of nitrogens with two attached hydrogens (primary N) is 1. The Morgan fingerprint density at radius 3 is 2.44 bits per heavy atom. The van der Waals surface area contributed by atoms with Crippen LogP contribution in [0.4, 0.5) is 0 Å². The molecule has 1 nitrogen and oxygen atoms in total. The van der Waals surface area contributed by atoms with Gasteiger partial charge in [0.25, 0.3) is 0 Å². The Bertz CT molecular complexity index is 538. The lowest BCUT2D eigenvalue weighted by atomic mass is 9.88. The second-order valence-corrected chi connectivity index (χ2v) is 7.19. The molecule has 2 N–H and O–H groups in total. The highest BCUT2D eigenvalue weighted by Gasteiger charge is 2.50. The normalized spacial score (nSPS) is 18.6. The minimum Gasteiger partial charge on any atom is -0.323 e. The fourth-order valence-corrected chi connectivity index (χ4v) is 4.27. The maximum atomic E-state index is 6.54. The Morgan fingerprint density at radius 1 is 1.28 bits per heavy atom. The molecule has 1 aliphatic carbocycles. The summed E-state index contributed by atoms with van der Waals surface area (Å²) < 4.78 is 1.18. The minimum absolute atomic E-state index is 0.120. The zero-order valence-electron chi connectivity index (χ0n) is 10.3. The van der Waals surface area contributed by atoms with Gasteiger partial charge in [-0.1, -0.05) is 30.3 Å². The third-order valence-corrected chi connectivity index (χ3v) is 6.14. The Kier molecular flexibility index (Phi) is 3.08. The van der Waals surface area contributed by atoms with Crippen molar-refractivity contribution in [2.24, 2.45) is 5.73 Å². The molecule has 1 heterocycles. The van der Waals surface area contributed by atoms with E-state index in [-0.39, 0.29) is 11.5 Å². The van der Waals surface area contributed by atoms with Gasteiger partial charge in [-0.3, -0.25) is 0 Å². The molecule has 0 saturated heterocycles. The first kappa shape index (κ1) is 12.4. The van der Waals surface area contributed by atoms with Crippen molar-refractivity contribution in [3.8, 4) is 0 Å². The maximum absolute atomic E-state index is 6.54. The molecule has 0 aliphatic heterocycles. The molecular weight excluding hydrogens is 306 g/mol. The maximum Gasteiger partial charge on any atom is 0.0488 e. The predicted molar refractivity (Wildman–Crippen MR) is 81.0 cm³/mol. The Labute approximate surface area is 120 Å². The lowest BCUT2D eigenvalue weighted by molar-refractivity contribution is 0.549. The molecule has 0 radical (unpaired) electrons. The highest BCUT2D eigenvalue weighted by molar-refractivity contribution is 9.10. The summed E-state index contributed by atoms with van der Waals surface area (Å²) in [5.74, 6) is 0. The summed E-state index contributed by atoms with van der Waals surface area (Å²) in [6.45, 7) is 2.13. The zero-order valence-corrected chi connectivity index (χ0v) is 12.7. The fourth-order valence-electron chi connectivity index (χ4n) is 2.59. The Hall–Kier alpha value is -0.640. The smallest absolute Gasteiger partial charge is 0.0488 e. The number of hydrogen-bond donors (Lipinski definition) is 1. The van der Waals surface area contributed by atoms with Crippen molar-refractivity contribution in [1.29, 1.82) is 0 Å². The van der Waals surface area contributed by atoms with Crippen molar-refractivity contribution in [2.75, 3.05) is 0 Å². The van der Waals surface area contributed by atoms with Crippen LogP contribution in [0.2, 0.25) is 0 Å². The highest BCUT2D eigenvalue weighted by Crippen LogP contribution is 2.56. The molecule has 1 atom stereocenters.